The highest BCUT2D eigenvalue weighted by atomic mass is 19.1. The number of rotatable bonds is 8. The number of hydrogen-bond donors (Lipinski definition) is 0. The lowest BCUT2D eigenvalue weighted by Gasteiger charge is -2.22. The molecule has 0 saturated carbocycles. The molecule has 2 aromatic carbocycles. The Labute approximate surface area is 158 Å². The fraction of sp³-hybridized carbons (Fsp3) is 0.227. The third kappa shape index (κ3) is 5.20. The van der Waals surface area contributed by atoms with Gasteiger partial charge in [0.2, 0.25) is 0 Å². The van der Waals surface area contributed by atoms with E-state index < -0.39 is 0 Å². The van der Waals surface area contributed by atoms with E-state index in [1.165, 1.54) is 16.5 Å². The van der Waals surface area contributed by atoms with Gasteiger partial charge in [0.15, 0.2) is 6.61 Å². The average Bonchev–Trinajstić information content (AvgIpc) is 3.21. The van der Waals surface area contributed by atoms with Crippen LogP contribution in [0, 0.1) is 5.82 Å². The lowest BCUT2D eigenvalue weighted by atomic mass is 10.2. The Morgan fingerprint density at radius 2 is 1.81 bits per heavy atom. The second kappa shape index (κ2) is 9.03. The molecule has 0 saturated heterocycles. The largest absolute Gasteiger partial charge is 0.484 e. The Hall–Kier alpha value is -3.08. The van der Waals surface area contributed by atoms with Crippen molar-refractivity contribution in [2.45, 2.75) is 26.4 Å². The molecule has 0 radical (unpaired) electrons. The smallest absolute Gasteiger partial charge is 0.261 e. The number of benzene rings is 2. The van der Waals surface area contributed by atoms with Crippen LogP contribution in [-0.2, 0) is 24.3 Å². The molecule has 4 nitrogen and oxygen atoms in total. The van der Waals surface area contributed by atoms with Gasteiger partial charge in [-0.15, -0.1) is 0 Å². The normalized spacial score (nSPS) is 10.6. The van der Waals surface area contributed by atoms with Crippen molar-refractivity contribution >= 4 is 5.91 Å². The molecule has 0 aliphatic heterocycles. The lowest BCUT2D eigenvalue weighted by Crippen LogP contribution is -2.34. The zero-order valence-corrected chi connectivity index (χ0v) is 15.2. The van der Waals surface area contributed by atoms with Gasteiger partial charge in [-0.25, -0.2) is 4.39 Å². The molecular formula is C22H22FNO3. The number of halogens is 1. The third-order valence-corrected chi connectivity index (χ3v) is 4.29. The standard InChI is InChI=1S/C22H22FNO3/c1-2-17-9-11-19(12-10-17)27-16-22(25)24(15-20-7-5-13-26-20)14-18-6-3-4-8-21(18)23/h3-13H,2,14-16H2,1H3. The first-order chi connectivity index (χ1) is 13.2. The molecular weight excluding hydrogens is 345 g/mol. The number of hydrogen-bond acceptors (Lipinski definition) is 3. The van der Waals surface area contributed by atoms with Gasteiger partial charge >= 0.3 is 0 Å². The van der Waals surface area contributed by atoms with Crippen molar-refractivity contribution in [1.82, 2.24) is 4.90 Å². The highest BCUT2D eigenvalue weighted by molar-refractivity contribution is 5.77. The topological polar surface area (TPSA) is 42.7 Å². The molecule has 1 aromatic heterocycles. The summed E-state index contributed by atoms with van der Waals surface area (Å²) in [5.41, 5.74) is 1.65. The van der Waals surface area contributed by atoms with E-state index in [0.717, 1.165) is 6.42 Å². The van der Waals surface area contributed by atoms with Gasteiger partial charge in [-0.05, 0) is 42.3 Å². The molecule has 0 aliphatic carbocycles. The summed E-state index contributed by atoms with van der Waals surface area (Å²) in [6, 6.07) is 17.6. The summed E-state index contributed by atoms with van der Waals surface area (Å²) in [4.78, 5) is 14.2. The Morgan fingerprint density at radius 1 is 1.04 bits per heavy atom. The van der Waals surface area contributed by atoms with E-state index in [9.17, 15) is 9.18 Å². The van der Waals surface area contributed by atoms with Gasteiger partial charge in [-0.2, -0.15) is 0 Å². The minimum absolute atomic E-state index is 0.124. The van der Waals surface area contributed by atoms with Crippen molar-refractivity contribution < 1.29 is 18.3 Å². The maximum atomic E-state index is 14.0. The van der Waals surface area contributed by atoms with Crippen molar-refractivity contribution in [3.05, 3.63) is 89.6 Å². The summed E-state index contributed by atoms with van der Waals surface area (Å²) in [6.45, 7) is 2.35. The van der Waals surface area contributed by atoms with Crippen molar-refractivity contribution in [2.24, 2.45) is 0 Å². The van der Waals surface area contributed by atoms with Gasteiger partial charge < -0.3 is 14.1 Å². The fourth-order valence-electron chi connectivity index (χ4n) is 2.71. The second-order valence-corrected chi connectivity index (χ2v) is 6.21. The van der Waals surface area contributed by atoms with Crippen LogP contribution in [0.15, 0.2) is 71.3 Å². The minimum atomic E-state index is -0.342. The SMILES string of the molecule is CCc1ccc(OCC(=O)N(Cc2ccco2)Cc2ccccc2F)cc1. The maximum Gasteiger partial charge on any atom is 0.261 e. The number of nitrogens with zero attached hydrogens (tertiary/aromatic N) is 1. The first kappa shape index (κ1) is 18.7. The molecule has 3 aromatic rings. The van der Waals surface area contributed by atoms with Crippen molar-refractivity contribution in [1.29, 1.82) is 0 Å². The highest BCUT2D eigenvalue weighted by Gasteiger charge is 2.18. The van der Waals surface area contributed by atoms with Gasteiger partial charge in [-0.3, -0.25) is 4.79 Å². The van der Waals surface area contributed by atoms with Crippen molar-refractivity contribution in [2.75, 3.05) is 6.61 Å². The fourth-order valence-corrected chi connectivity index (χ4v) is 2.71. The summed E-state index contributed by atoms with van der Waals surface area (Å²) >= 11 is 0. The molecule has 140 valence electrons. The first-order valence-electron chi connectivity index (χ1n) is 8.91. The first-order valence-corrected chi connectivity index (χ1v) is 8.91. The van der Waals surface area contributed by atoms with Crippen LogP contribution in [0.25, 0.3) is 0 Å². The summed E-state index contributed by atoms with van der Waals surface area (Å²) in [6.07, 6.45) is 2.49. The quantitative estimate of drug-likeness (QED) is 0.585. The van der Waals surface area contributed by atoms with Crippen LogP contribution in [-0.4, -0.2) is 17.4 Å². The second-order valence-electron chi connectivity index (χ2n) is 6.21. The van der Waals surface area contributed by atoms with E-state index in [1.807, 2.05) is 24.3 Å². The van der Waals surface area contributed by atoms with Crippen LogP contribution in [0.1, 0.15) is 23.8 Å². The van der Waals surface area contributed by atoms with Gasteiger partial charge in [0, 0.05) is 12.1 Å². The molecule has 3 rings (SSSR count). The number of carbonyl (C=O) groups is 1. The zero-order chi connectivity index (χ0) is 19.1. The zero-order valence-electron chi connectivity index (χ0n) is 15.2. The van der Waals surface area contributed by atoms with Gasteiger partial charge in [0.25, 0.3) is 5.91 Å². The summed E-state index contributed by atoms with van der Waals surface area (Å²) < 4.78 is 25.0. The molecule has 1 amide bonds. The molecule has 0 N–H and O–H groups in total. The summed E-state index contributed by atoms with van der Waals surface area (Å²) in [5.74, 6) is 0.677. The monoisotopic (exact) mass is 367 g/mol. The number of ether oxygens (including phenoxy) is 1. The number of amides is 1. The van der Waals surface area contributed by atoms with Crippen LogP contribution < -0.4 is 4.74 Å². The van der Waals surface area contributed by atoms with E-state index >= 15 is 0 Å². The van der Waals surface area contributed by atoms with E-state index in [-0.39, 0.29) is 31.4 Å². The number of furan rings is 1. The third-order valence-electron chi connectivity index (χ3n) is 4.29. The molecule has 0 aliphatic rings. The maximum absolute atomic E-state index is 14.0. The molecule has 5 heteroatoms. The summed E-state index contributed by atoms with van der Waals surface area (Å²) in [5, 5.41) is 0. The molecule has 0 unspecified atom stereocenters. The Balaban J connectivity index is 1.68. The van der Waals surface area contributed by atoms with Crippen LogP contribution in [0.2, 0.25) is 0 Å². The predicted octanol–water partition coefficient (Wildman–Crippen LogP) is 4.59. The molecule has 0 fully saturated rings. The van der Waals surface area contributed by atoms with E-state index in [4.69, 9.17) is 9.15 Å². The van der Waals surface area contributed by atoms with Gasteiger partial charge in [-0.1, -0.05) is 37.3 Å². The minimum Gasteiger partial charge on any atom is -0.484 e. The van der Waals surface area contributed by atoms with Crippen LogP contribution in [0.5, 0.6) is 5.75 Å². The molecule has 0 bridgehead atoms. The van der Waals surface area contributed by atoms with E-state index in [0.29, 0.717) is 17.1 Å². The molecule has 0 spiro atoms. The lowest BCUT2D eigenvalue weighted by molar-refractivity contribution is -0.134. The van der Waals surface area contributed by atoms with Crippen molar-refractivity contribution in [3.8, 4) is 5.75 Å². The van der Waals surface area contributed by atoms with Crippen LogP contribution >= 0.6 is 0 Å². The van der Waals surface area contributed by atoms with Crippen molar-refractivity contribution in [3.63, 3.8) is 0 Å². The Morgan fingerprint density at radius 3 is 2.48 bits per heavy atom. The Bertz CT molecular complexity index is 860. The molecule has 0 atom stereocenters. The van der Waals surface area contributed by atoms with Crippen LogP contribution in [0.3, 0.4) is 0 Å². The number of carbonyl (C=O) groups excluding carboxylic acids is 1. The average molecular weight is 367 g/mol. The summed E-state index contributed by atoms with van der Waals surface area (Å²) in [7, 11) is 0. The van der Waals surface area contributed by atoms with Crippen LogP contribution in [0.4, 0.5) is 4.39 Å². The predicted molar refractivity (Wildman–Crippen MR) is 101 cm³/mol. The van der Waals surface area contributed by atoms with Gasteiger partial charge in [0.1, 0.15) is 17.3 Å². The van der Waals surface area contributed by atoms with Gasteiger partial charge in [0.05, 0.1) is 12.8 Å². The van der Waals surface area contributed by atoms with E-state index in [2.05, 4.69) is 6.92 Å². The molecule has 1 heterocycles. The Kier molecular flexibility index (Phi) is 6.26. The molecule has 27 heavy (non-hydrogen) atoms. The highest BCUT2D eigenvalue weighted by Crippen LogP contribution is 2.16. The van der Waals surface area contributed by atoms with E-state index in [1.54, 1.807) is 36.6 Å². The number of aryl methyl sites for hydroxylation is 1.